The fraction of sp³-hybridized carbons (Fsp3) is 0.600. The van der Waals surface area contributed by atoms with Crippen molar-refractivity contribution in [3.8, 4) is 0 Å². The van der Waals surface area contributed by atoms with Crippen LogP contribution in [0.1, 0.15) is 43.5 Å². The first-order chi connectivity index (χ1) is 9.52. The van der Waals surface area contributed by atoms with Crippen molar-refractivity contribution in [3.05, 3.63) is 22.8 Å². The van der Waals surface area contributed by atoms with E-state index in [1.165, 1.54) is 12.8 Å². The molecule has 0 radical (unpaired) electrons. The molecule has 0 bridgehead atoms. The first kappa shape index (κ1) is 15.1. The van der Waals surface area contributed by atoms with Crippen molar-refractivity contribution < 1.29 is 4.79 Å². The highest BCUT2D eigenvalue weighted by molar-refractivity contribution is 6.33. The summed E-state index contributed by atoms with van der Waals surface area (Å²) >= 11 is 6.06. The Labute approximate surface area is 125 Å². The zero-order valence-corrected chi connectivity index (χ0v) is 13.0. The van der Waals surface area contributed by atoms with Gasteiger partial charge in [0.1, 0.15) is 5.82 Å². The van der Waals surface area contributed by atoms with E-state index >= 15 is 0 Å². The Kier molecular flexibility index (Phi) is 4.86. The lowest BCUT2D eigenvalue weighted by atomic mass is 9.78. The van der Waals surface area contributed by atoms with E-state index < -0.39 is 0 Å². The molecule has 2 rings (SSSR count). The van der Waals surface area contributed by atoms with Crippen LogP contribution in [0.15, 0.2) is 12.3 Å². The molecular weight excluding hydrogens is 274 g/mol. The Balaban J connectivity index is 2.06. The minimum Gasteiger partial charge on any atom is -0.372 e. The third-order valence-electron chi connectivity index (χ3n) is 4.36. The number of amides is 1. The topological polar surface area (TPSA) is 54.0 Å². The largest absolute Gasteiger partial charge is 0.372 e. The summed E-state index contributed by atoms with van der Waals surface area (Å²) in [6, 6.07) is 1.90. The number of pyridine rings is 1. The molecular formula is C15H22ClN3O. The molecule has 20 heavy (non-hydrogen) atoms. The molecule has 0 aliphatic heterocycles. The summed E-state index contributed by atoms with van der Waals surface area (Å²) in [5, 5.41) is 6.47. The molecule has 110 valence electrons. The number of carbonyl (C=O) groups excluding carboxylic acids is 1. The average molecular weight is 296 g/mol. The van der Waals surface area contributed by atoms with Gasteiger partial charge in [-0.1, -0.05) is 38.3 Å². The van der Waals surface area contributed by atoms with Gasteiger partial charge in [-0.05, 0) is 24.3 Å². The molecule has 1 heterocycles. The van der Waals surface area contributed by atoms with Crippen LogP contribution in [0.2, 0.25) is 5.02 Å². The van der Waals surface area contributed by atoms with Gasteiger partial charge in [-0.25, -0.2) is 4.98 Å². The molecule has 3 unspecified atom stereocenters. The monoisotopic (exact) mass is 295 g/mol. The van der Waals surface area contributed by atoms with Crippen molar-refractivity contribution in [3.63, 3.8) is 0 Å². The summed E-state index contributed by atoms with van der Waals surface area (Å²) in [7, 11) is 1.75. The molecule has 1 fully saturated rings. The van der Waals surface area contributed by atoms with Gasteiger partial charge in [-0.15, -0.1) is 0 Å². The van der Waals surface area contributed by atoms with E-state index in [1.807, 2.05) is 0 Å². The number of halogens is 1. The molecule has 0 saturated heterocycles. The third kappa shape index (κ3) is 3.23. The van der Waals surface area contributed by atoms with Crippen LogP contribution in [0.25, 0.3) is 0 Å². The molecule has 1 aromatic heterocycles. The second-order valence-electron chi connectivity index (χ2n) is 5.65. The SMILES string of the molecule is CNc1ncc(C(=O)NC2CCCC(C)C2C)cc1Cl. The summed E-state index contributed by atoms with van der Waals surface area (Å²) in [4.78, 5) is 16.4. The van der Waals surface area contributed by atoms with Gasteiger partial charge in [0.15, 0.2) is 0 Å². The Hall–Kier alpha value is -1.29. The van der Waals surface area contributed by atoms with Crippen LogP contribution < -0.4 is 10.6 Å². The normalized spacial score (nSPS) is 26.1. The molecule has 3 atom stereocenters. The molecule has 4 nitrogen and oxygen atoms in total. The quantitative estimate of drug-likeness (QED) is 0.899. The lowest BCUT2D eigenvalue weighted by molar-refractivity contribution is 0.0890. The zero-order valence-electron chi connectivity index (χ0n) is 12.2. The van der Waals surface area contributed by atoms with E-state index in [1.54, 1.807) is 19.3 Å². The highest BCUT2D eigenvalue weighted by Crippen LogP contribution is 2.29. The Bertz CT molecular complexity index is 492. The van der Waals surface area contributed by atoms with Crippen molar-refractivity contribution >= 4 is 23.3 Å². The second-order valence-corrected chi connectivity index (χ2v) is 6.06. The van der Waals surface area contributed by atoms with Gasteiger partial charge in [0.2, 0.25) is 0 Å². The van der Waals surface area contributed by atoms with Gasteiger partial charge in [-0.2, -0.15) is 0 Å². The van der Waals surface area contributed by atoms with Gasteiger partial charge in [-0.3, -0.25) is 4.79 Å². The molecule has 5 heteroatoms. The van der Waals surface area contributed by atoms with Crippen LogP contribution in [0.4, 0.5) is 5.82 Å². The molecule has 1 saturated carbocycles. The van der Waals surface area contributed by atoms with Gasteiger partial charge in [0, 0.05) is 19.3 Å². The predicted molar refractivity (Wildman–Crippen MR) is 82.2 cm³/mol. The molecule has 1 aliphatic carbocycles. The number of nitrogens with zero attached hydrogens (tertiary/aromatic N) is 1. The summed E-state index contributed by atoms with van der Waals surface area (Å²) in [6.45, 7) is 4.47. The fourth-order valence-electron chi connectivity index (χ4n) is 2.78. The number of aromatic nitrogens is 1. The van der Waals surface area contributed by atoms with Gasteiger partial charge >= 0.3 is 0 Å². The minimum atomic E-state index is -0.0898. The van der Waals surface area contributed by atoms with Crippen molar-refractivity contribution in [2.24, 2.45) is 11.8 Å². The maximum absolute atomic E-state index is 12.3. The average Bonchev–Trinajstić information content (AvgIpc) is 2.43. The number of anilines is 1. The highest BCUT2D eigenvalue weighted by atomic mass is 35.5. The predicted octanol–water partition coefficient (Wildman–Crippen LogP) is 3.33. The van der Waals surface area contributed by atoms with Crippen LogP contribution in [0, 0.1) is 11.8 Å². The van der Waals surface area contributed by atoms with Crippen LogP contribution in [-0.4, -0.2) is 24.0 Å². The second kappa shape index (κ2) is 6.44. The van der Waals surface area contributed by atoms with Crippen molar-refractivity contribution in [2.75, 3.05) is 12.4 Å². The van der Waals surface area contributed by atoms with Gasteiger partial charge < -0.3 is 10.6 Å². The first-order valence-corrected chi connectivity index (χ1v) is 7.55. The van der Waals surface area contributed by atoms with E-state index in [-0.39, 0.29) is 11.9 Å². The maximum atomic E-state index is 12.3. The first-order valence-electron chi connectivity index (χ1n) is 7.17. The van der Waals surface area contributed by atoms with Crippen LogP contribution in [0.3, 0.4) is 0 Å². The number of hydrogen-bond acceptors (Lipinski definition) is 3. The lowest BCUT2D eigenvalue weighted by Crippen LogP contribution is -2.43. The highest BCUT2D eigenvalue weighted by Gasteiger charge is 2.28. The van der Waals surface area contributed by atoms with Crippen molar-refractivity contribution in [1.82, 2.24) is 10.3 Å². The number of carbonyl (C=O) groups is 1. The molecule has 1 aromatic rings. The number of hydrogen-bond donors (Lipinski definition) is 2. The summed E-state index contributed by atoms with van der Waals surface area (Å²) in [5.41, 5.74) is 0.513. The van der Waals surface area contributed by atoms with E-state index in [0.717, 1.165) is 6.42 Å². The minimum absolute atomic E-state index is 0.0898. The molecule has 0 aromatic carbocycles. The Morgan fingerprint density at radius 3 is 2.80 bits per heavy atom. The molecule has 1 amide bonds. The molecule has 0 spiro atoms. The maximum Gasteiger partial charge on any atom is 0.253 e. The van der Waals surface area contributed by atoms with Crippen LogP contribution >= 0.6 is 11.6 Å². The number of nitrogens with one attached hydrogen (secondary N) is 2. The summed E-state index contributed by atoms with van der Waals surface area (Å²) in [6.07, 6.45) is 5.03. The summed E-state index contributed by atoms with van der Waals surface area (Å²) < 4.78 is 0. The standard InChI is InChI=1S/C15H22ClN3O/c1-9-5-4-6-13(10(9)2)19-15(20)11-7-12(16)14(17-3)18-8-11/h7-10,13H,4-6H2,1-3H3,(H,17,18)(H,19,20). The molecule has 2 N–H and O–H groups in total. The summed E-state index contributed by atoms with van der Waals surface area (Å²) in [5.74, 6) is 1.66. The van der Waals surface area contributed by atoms with Crippen molar-refractivity contribution in [1.29, 1.82) is 0 Å². The van der Waals surface area contributed by atoms with E-state index in [0.29, 0.717) is 28.2 Å². The fourth-order valence-corrected chi connectivity index (χ4v) is 3.04. The van der Waals surface area contributed by atoms with E-state index in [9.17, 15) is 4.79 Å². The zero-order chi connectivity index (χ0) is 14.7. The van der Waals surface area contributed by atoms with E-state index in [2.05, 4.69) is 29.5 Å². The molecule has 1 aliphatic rings. The number of rotatable bonds is 3. The third-order valence-corrected chi connectivity index (χ3v) is 4.65. The lowest BCUT2D eigenvalue weighted by Gasteiger charge is -2.34. The van der Waals surface area contributed by atoms with Crippen molar-refractivity contribution in [2.45, 2.75) is 39.2 Å². The van der Waals surface area contributed by atoms with Gasteiger partial charge in [0.25, 0.3) is 5.91 Å². The Morgan fingerprint density at radius 2 is 2.15 bits per heavy atom. The smallest absolute Gasteiger partial charge is 0.253 e. The van der Waals surface area contributed by atoms with Gasteiger partial charge in [0.05, 0.1) is 10.6 Å². The Morgan fingerprint density at radius 1 is 1.40 bits per heavy atom. The van der Waals surface area contributed by atoms with E-state index in [4.69, 9.17) is 11.6 Å². The van der Waals surface area contributed by atoms with Crippen LogP contribution in [0.5, 0.6) is 0 Å². The van der Waals surface area contributed by atoms with Crippen LogP contribution in [-0.2, 0) is 0 Å².